The van der Waals surface area contributed by atoms with E-state index in [1.165, 1.54) is 25.3 Å². The van der Waals surface area contributed by atoms with Crippen molar-refractivity contribution in [2.45, 2.75) is 6.04 Å². The fraction of sp³-hybridized carbons (Fsp3) is 0.300. The number of nitro groups is 1. The Morgan fingerprint density at radius 3 is 2.78 bits per heavy atom. The number of carboxylic acid groups (broad SMARTS) is 1. The number of nitro benzene ring substituents is 1. The lowest BCUT2D eigenvalue weighted by Gasteiger charge is -2.15. The molecular formula is C10H11BrN2O5. The van der Waals surface area contributed by atoms with Gasteiger partial charge in [-0.25, -0.2) is 4.79 Å². The van der Waals surface area contributed by atoms with Crippen LogP contribution in [0.4, 0.5) is 11.4 Å². The number of rotatable bonds is 6. The second kappa shape index (κ2) is 6.31. The van der Waals surface area contributed by atoms with Gasteiger partial charge in [0.15, 0.2) is 0 Å². The number of carbonyl (C=O) groups is 1. The van der Waals surface area contributed by atoms with Crippen molar-refractivity contribution < 1.29 is 19.6 Å². The Morgan fingerprint density at radius 1 is 1.67 bits per heavy atom. The van der Waals surface area contributed by atoms with E-state index in [1.807, 2.05) is 0 Å². The Morgan fingerprint density at radius 2 is 2.33 bits per heavy atom. The molecule has 8 heteroatoms. The van der Waals surface area contributed by atoms with Gasteiger partial charge < -0.3 is 15.2 Å². The zero-order chi connectivity index (χ0) is 13.7. The minimum atomic E-state index is -1.07. The van der Waals surface area contributed by atoms with Crippen LogP contribution in [0.2, 0.25) is 0 Å². The minimum Gasteiger partial charge on any atom is -0.480 e. The summed E-state index contributed by atoms with van der Waals surface area (Å²) in [6.45, 7) is -0.0151. The van der Waals surface area contributed by atoms with Gasteiger partial charge in [0.05, 0.1) is 11.5 Å². The van der Waals surface area contributed by atoms with Crippen LogP contribution in [0.5, 0.6) is 0 Å². The normalized spacial score (nSPS) is 11.9. The van der Waals surface area contributed by atoms with Gasteiger partial charge in [0.1, 0.15) is 6.04 Å². The first-order chi connectivity index (χ1) is 8.45. The maximum atomic E-state index is 10.9. The zero-order valence-corrected chi connectivity index (χ0v) is 11.0. The average molecular weight is 319 g/mol. The molecule has 0 aliphatic heterocycles. The molecule has 0 amide bonds. The Labute approximate surface area is 111 Å². The van der Waals surface area contributed by atoms with Gasteiger partial charge in [0.25, 0.3) is 5.69 Å². The van der Waals surface area contributed by atoms with Crippen molar-refractivity contribution in [2.24, 2.45) is 0 Å². The third-order valence-electron chi connectivity index (χ3n) is 2.12. The summed E-state index contributed by atoms with van der Waals surface area (Å²) < 4.78 is 5.19. The molecule has 0 fully saturated rings. The highest BCUT2D eigenvalue weighted by Crippen LogP contribution is 2.27. The van der Waals surface area contributed by atoms with E-state index in [1.54, 1.807) is 0 Å². The fourth-order valence-electron chi connectivity index (χ4n) is 1.26. The number of ether oxygens (including phenoxy) is 1. The molecule has 0 aliphatic rings. The van der Waals surface area contributed by atoms with Crippen LogP contribution in [0.25, 0.3) is 0 Å². The topological polar surface area (TPSA) is 102 Å². The predicted molar refractivity (Wildman–Crippen MR) is 67.7 cm³/mol. The molecule has 0 radical (unpaired) electrons. The number of anilines is 1. The smallest absolute Gasteiger partial charge is 0.328 e. The summed E-state index contributed by atoms with van der Waals surface area (Å²) in [5.74, 6) is -1.07. The van der Waals surface area contributed by atoms with Gasteiger partial charge in [-0.15, -0.1) is 0 Å². The number of nitrogens with zero attached hydrogens (tertiary/aromatic N) is 1. The molecule has 2 N–H and O–H groups in total. The lowest BCUT2D eigenvalue weighted by atomic mass is 10.2. The van der Waals surface area contributed by atoms with Crippen LogP contribution in [0.3, 0.4) is 0 Å². The predicted octanol–water partition coefficient (Wildman–Crippen LogP) is 1.87. The Balaban J connectivity index is 2.90. The maximum absolute atomic E-state index is 10.9. The molecule has 0 saturated carbocycles. The van der Waals surface area contributed by atoms with Crippen LogP contribution in [0.1, 0.15) is 0 Å². The van der Waals surface area contributed by atoms with E-state index in [0.717, 1.165) is 0 Å². The van der Waals surface area contributed by atoms with Crippen LogP contribution < -0.4 is 5.32 Å². The highest BCUT2D eigenvalue weighted by molar-refractivity contribution is 9.10. The van der Waals surface area contributed by atoms with Gasteiger partial charge in [0.2, 0.25) is 0 Å². The van der Waals surface area contributed by atoms with Crippen LogP contribution in [-0.2, 0) is 9.53 Å². The van der Waals surface area contributed by atoms with E-state index >= 15 is 0 Å². The van der Waals surface area contributed by atoms with E-state index < -0.39 is 16.9 Å². The quantitative estimate of drug-likeness (QED) is 0.613. The molecule has 1 aromatic carbocycles. The highest BCUT2D eigenvalue weighted by atomic mass is 79.9. The molecule has 1 rings (SSSR count). The Hall–Kier alpha value is -1.67. The van der Waals surface area contributed by atoms with Crippen LogP contribution in [0, 0.1) is 10.1 Å². The second-order valence-corrected chi connectivity index (χ2v) is 4.27. The van der Waals surface area contributed by atoms with Crippen LogP contribution >= 0.6 is 15.9 Å². The molecule has 1 unspecified atom stereocenters. The largest absolute Gasteiger partial charge is 0.480 e. The molecule has 7 nitrogen and oxygen atoms in total. The monoisotopic (exact) mass is 318 g/mol. The van der Waals surface area contributed by atoms with Crippen molar-refractivity contribution in [2.75, 3.05) is 19.0 Å². The number of halogens is 1. The number of carboxylic acids is 1. The van der Waals surface area contributed by atoms with E-state index in [0.29, 0.717) is 10.2 Å². The maximum Gasteiger partial charge on any atom is 0.328 e. The molecule has 0 aromatic heterocycles. The number of non-ortho nitro benzene ring substituents is 1. The van der Waals surface area contributed by atoms with E-state index in [4.69, 9.17) is 9.84 Å². The summed E-state index contributed by atoms with van der Waals surface area (Å²) in [6, 6.07) is 3.11. The van der Waals surface area contributed by atoms with E-state index in [-0.39, 0.29) is 12.3 Å². The lowest BCUT2D eigenvalue weighted by Crippen LogP contribution is -2.33. The molecule has 98 valence electrons. The van der Waals surface area contributed by atoms with E-state index in [9.17, 15) is 14.9 Å². The van der Waals surface area contributed by atoms with Crippen molar-refractivity contribution in [3.63, 3.8) is 0 Å². The van der Waals surface area contributed by atoms with Crippen molar-refractivity contribution in [3.05, 3.63) is 32.8 Å². The standard InChI is InChI=1S/C10H11BrN2O5/c1-18-5-9(10(14)15)12-8-3-2-6(13(16)17)4-7(8)11/h2-4,9,12H,5H2,1H3,(H,14,15). The average Bonchev–Trinajstić information content (AvgIpc) is 2.30. The summed E-state index contributed by atoms with van der Waals surface area (Å²) in [7, 11) is 1.39. The van der Waals surface area contributed by atoms with Crippen LogP contribution in [0.15, 0.2) is 22.7 Å². The number of benzene rings is 1. The molecule has 1 aromatic rings. The van der Waals surface area contributed by atoms with Crippen molar-refractivity contribution in [1.82, 2.24) is 0 Å². The van der Waals surface area contributed by atoms with Crippen LogP contribution in [-0.4, -0.2) is 35.8 Å². The summed E-state index contributed by atoms with van der Waals surface area (Å²) in [4.78, 5) is 20.9. The van der Waals surface area contributed by atoms with Gasteiger partial charge in [-0.3, -0.25) is 10.1 Å². The number of aliphatic carboxylic acids is 1. The number of hydrogen-bond donors (Lipinski definition) is 2. The van der Waals surface area contributed by atoms with Gasteiger partial charge >= 0.3 is 5.97 Å². The van der Waals surface area contributed by atoms with Crippen molar-refractivity contribution >= 4 is 33.3 Å². The molecule has 1 atom stereocenters. The van der Waals surface area contributed by atoms with Gasteiger partial charge in [-0.05, 0) is 22.0 Å². The third-order valence-corrected chi connectivity index (χ3v) is 2.78. The molecule has 0 saturated heterocycles. The fourth-order valence-corrected chi connectivity index (χ4v) is 1.74. The number of nitrogens with one attached hydrogen (secondary N) is 1. The molecule has 0 bridgehead atoms. The van der Waals surface area contributed by atoms with Gasteiger partial charge in [-0.2, -0.15) is 0 Å². The first-order valence-electron chi connectivity index (χ1n) is 4.88. The summed E-state index contributed by atoms with van der Waals surface area (Å²) in [6.07, 6.45) is 0. The highest BCUT2D eigenvalue weighted by Gasteiger charge is 2.18. The minimum absolute atomic E-state index is 0.0151. The van der Waals surface area contributed by atoms with Crippen molar-refractivity contribution in [1.29, 1.82) is 0 Å². The molecule has 0 aliphatic carbocycles. The number of methoxy groups -OCH3 is 1. The molecule has 0 spiro atoms. The first kappa shape index (κ1) is 14.4. The van der Waals surface area contributed by atoms with Gasteiger partial charge in [-0.1, -0.05) is 0 Å². The molecule has 18 heavy (non-hydrogen) atoms. The number of hydrogen-bond acceptors (Lipinski definition) is 5. The van der Waals surface area contributed by atoms with Gasteiger partial charge in [0, 0.05) is 29.4 Å². The summed E-state index contributed by atoms with van der Waals surface area (Å²) in [5, 5.41) is 22.2. The second-order valence-electron chi connectivity index (χ2n) is 3.41. The lowest BCUT2D eigenvalue weighted by molar-refractivity contribution is -0.384. The molecule has 0 heterocycles. The Bertz CT molecular complexity index is 466. The van der Waals surface area contributed by atoms with E-state index in [2.05, 4.69) is 21.2 Å². The zero-order valence-electron chi connectivity index (χ0n) is 9.42. The summed E-state index contributed by atoms with van der Waals surface area (Å²) >= 11 is 3.14. The summed E-state index contributed by atoms with van der Waals surface area (Å²) in [5.41, 5.74) is 0.371. The SMILES string of the molecule is COCC(Nc1ccc([N+](=O)[O-])cc1Br)C(=O)O. The van der Waals surface area contributed by atoms with Crippen molar-refractivity contribution in [3.8, 4) is 0 Å². The first-order valence-corrected chi connectivity index (χ1v) is 5.67. The molecular weight excluding hydrogens is 308 g/mol. The Kier molecular flexibility index (Phi) is 5.05. The third kappa shape index (κ3) is 3.67.